The molecule has 0 saturated carbocycles. The summed E-state index contributed by atoms with van der Waals surface area (Å²) in [7, 11) is 1.56. The lowest BCUT2D eigenvalue weighted by Crippen LogP contribution is -2.48. The van der Waals surface area contributed by atoms with Gasteiger partial charge in [-0.2, -0.15) is 0 Å². The Hall–Kier alpha value is -4.32. The van der Waals surface area contributed by atoms with Gasteiger partial charge in [0, 0.05) is 59.8 Å². The zero-order valence-corrected chi connectivity index (χ0v) is 28.1. The third-order valence-electron chi connectivity index (χ3n) is 9.00. The molecular weight excluding hydrogens is 653 g/mol. The van der Waals surface area contributed by atoms with Gasteiger partial charge in [0.25, 0.3) is 5.56 Å². The number of methoxy groups -OCH3 is 1. The summed E-state index contributed by atoms with van der Waals surface area (Å²) in [5, 5.41) is 23.0. The largest absolute Gasteiger partial charge is 0.481 e. The van der Waals surface area contributed by atoms with Gasteiger partial charge in [0.2, 0.25) is 5.88 Å². The van der Waals surface area contributed by atoms with Crippen LogP contribution < -0.4 is 15.6 Å². The van der Waals surface area contributed by atoms with Crippen LogP contribution in [0.15, 0.2) is 77.9 Å². The zero-order valence-electron chi connectivity index (χ0n) is 26.5. The van der Waals surface area contributed by atoms with E-state index in [4.69, 9.17) is 38.0 Å². The summed E-state index contributed by atoms with van der Waals surface area (Å²) in [6, 6.07) is 18.8. The zero-order chi connectivity index (χ0) is 34.0. The number of likely N-dealkylation sites (tertiary alicyclic amines) is 1. The average molecular weight is 689 g/mol. The van der Waals surface area contributed by atoms with Crippen LogP contribution in [0.25, 0.3) is 39.2 Å². The first-order valence-electron chi connectivity index (χ1n) is 15.6. The number of halogens is 2. The fraction of sp³-hybridized carbons (Fsp3) is 0.278. The normalized spacial score (nSPS) is 16.4. The molecule has 12 heteroatoms. The van der Waals surface area contributed by atoms with Gasteiger partial charge in [-0.05, 0) is 50.1 Å². The SMILES string of the molecule is COc1nc(-c2cccc(-c3cccc(-c4ccn5c(=O)c(CN6CCC[C@]6(C)C(=O)O)cnc5c4)c3Cl)c2Cl)ccc1CNCCO. The van der Waals surface area contributed by atoms with Gasteiger partial charge in [-0.3, -0.25) is 18.9 Å². The molecule has 0 radical (unpaired) electrons. The third-order valence-corrected chi connectivity index (χ3v) is 9.82. The fourth-order valence-corrected chi connectivity index (χ4v) is 6.90. The number of aromatic nitrogens is 3. The quantitative estimate of drug-likeness (QED) is 0.145. The van der Waals surface area contributed by atoms with Crippen molar-refractivity contribution >= 4 is 34.8 Å². The van der Waals surface area contributed by atoms with E-state index in [9.17, 15) is 14.7 Å². The average Bonchev–Trinajstić information content (AvgIpc) is 3.47. The lowest BCUT2D eigenvalue weighted by atomic mass is 9.97. The number of fused-ring (bicyclic) bond motifs is 1. The van der Waals surface area contributed by atoms with Gasteiger partial charge in [-0.15, -0.1) is 0 Å². The summed E-state index contributed by atoms with van der Waals surface area (Å²) in [5.41, 5.74) is 4.80. The molecule has 0 amide bonds. The van der Waals surface area contributed by atoms with E-state index in [1.54, 1.807) is 26.3 Å². The Balaban J connectivity index is 1.31. The molecule has 5 aromatic rings. The second-order valence-electron chi connectivity index (χ2n) is 11.9. The Labute approximate surface area is 287 Å². The van der Waals surface area contributed by atoms with Gasteiger partial charge < -0.3 is 20.3 Å². The van der Waals surface area contributed by atoms with Crippen LogP contribution in [0.2, 0.25) is 10.0 Å². The molecule has 48 heavy (non-hydrogen) atoms. The summed E-state index contributed by atoms with van der Waals surface area (Å²) < 4.78 is 7.01. The van der Waals surface area contributed by atoms with Crippen LogP contribution in [0.5, 0.6) is 5.88 Å². The minimum Gasteiger partial charge on any atom is -0.481 e. The maximum atomic E-state index is 13.4. The number of ether oxygens (including phenoxy) is 1. The number of nitrogens with one attached hydrogen (secondary N) is 1. The molecule has 0 unspecified atom stereocenters. The highest BCUT2D eigenvalue weighted by Crippen LogP contribution is 2.42. The van der Waals surface area contributed by atoms with Crippen molar-refractivity contribution in [2.45, 2.75) is 38.4 Å². The number of carbonyl (C=O) groups is 1. The molecule has 0 spiro atoms. The van der Waals surface area contributed by atoms with Crippen molar-refractivity contribution in [2.24, 2.45) is 0 Å². The lowest BCUT2D eigenvalue weighted by Gasteiger charge is -2.30. The van der Waals surface area contributed by atoms with Gasteiger partial charge in [-0.1, -0.05) is 65.7 Å². The minimum atomic E-state index is -1.01. The van der Waals surface area contributed by atoms with E-state index in [1.165, 1.54) is 10.6 Å². The molecule has 3 N–H and O–H groups in total. The van der Waals surface area contributed by atoms with Crippen molar-refractivity contribution in [3.8, 4) is 39.4 Å². The summed E-state index contributed by atoms with van der Waals surface area (Å²) >= 11 is 14.1. The number of aliphatic hydroxyl groups is 1. The number of aliphatic hydroxyl groups excluding tert-OH is 1. The van der Waals surface area contributed by atoms with Gasteiger partial charge in [0.1, 0.15) is 11.2 Å². The first kappa shape index (κ1) is 33.6. The second kappa shape index (κ2) is 14.0. The van der Waals surface area contributed by atoms with E-state index in [0.29, 0.717) is 64.4 Å². The van der Waals surface area contributed by atoms with E-state index in [-0.39, 0.29) is 18.7 Å². The fourth-order valence-electron chi connectivity index (χ4n) is 6.24. The highest BCUT2D eigenvalue weighted by Gasteiger charge is 2.43. The molecule has 1 atom stereocenters. The van der Waals surface area contributed by atoms with Crippen LogP contribution in [0.1, 0.15) is 30.9 Å². The number of nitrogens with zero attached hydrogens (tertiary/aromatic N) is 4. The Bertz CT molecular complexity index is 2070. The monoisotopic (exact) mass is 687 g/mol. The Kier molecular flexibility index (Phi) is 9.82. The number of hydrogen-bond acceptors (Lipinski definition) is 8. The highest BCUT2D eigenvalue weighted by atomic mass is 35.5. The number of pyridine rings is 2. The predicted molar refractivity (Wildman–Crippen MR) is 187 cm³/mol. The maximum Gasteiger partial charge on any atom is 0.323 e. The van der Waals surface area contributed by atoms with E-state index in [0.717, 1.165) is 34.2 Å². The highest BCUT2D eigenvalue weighted by molar-refractivity contribution is 6.39. The molecule has 3 aromatic heterocycles. The maximum absolute atomic E-state index is 13.4. The predicted octanol–water partition coefficient (Wildman–Crippen LogP) is 5.93. The van der Waals surface area contributed by atoms with Crippen molar-refractivity contribution in [3.05, 3.63) is 105 Å². The van der Waals surface area contributed by atoms with Crippen LogP contribution in [0.4, 0.5) is 0 Å². The van der Waals surface area contributed by atoms with Crippen molar-refractivity contribution in [3.63, 3.8) is 0 Å². The standard InChI is InChI=1S/C36H35Cl2N5O5/c1-36(35(46)47)13-5-15-42(36)21-24-20-40-30-18-22(12-16-43(30)34(24)45)25-6-3-7-26(31(25)37)27-8-4-9-28(32(27)38)29-11-10-23(19-39-14-17-44)33(41-29)48-2/h3-4,6-12,16,18,20,39,44H,5,13-15,17,19,21H2,1-2H3,(H,46,47)/t36-/m1/s1. The summed E-state index contributed by atoms with van der Waals surface area (Å²) in [6.07, 6.45) is 4.50. The molecule has 10 nitrogen and oxygen atoms in total. The molecule has 248 valence electrons. The first-order chi connectivity index (χ1) is 23.2. The molecule has 1 fully saturated rings. The van der Waals surface area contributed by atoms with Gasteiger partial charge in [-0.25, -0.2) is 9.97 Å². The van der Waals surface area contributed by atoms with E-state index >= 15 is 0 Å². The Morgan fingerprint density at radius 1 is 1.02 bits per heavy atom. The second-order valence-corrected chi connectivity index (χ2v) is 12.7. The first-order valence-corrected chi connectivity index (χ1v) is 16.3. The molecule has 1 aliphatic rings. The Morgan fingerprint density at radius 3 is 2.44 bits per heavy atom. The number of aliphatic carboxylic acids is 1. The van der Waals surface area contributed by atoms with Crippen molar-refractivity contribution in [1.82, 2.24) is 24.6 Å². The van der Waals surface area contributed by atoms with Crippen LogP contribution in [0.3, 0.4) is 0 Å². The van der Waals surface area contributed by atoms with Crippen LogP contribution >= 0.6 is 23.2 Å². The molecule has 0 aliphatic carbocycles. The summed E-state index contributed by atoms with van der Waals surface area (Å²) in [5.74, 6) is -0.425. The number of rotatable bonds is 11. The number of carboxylic acid groups (broad SMARTS) is 1. The van der Waals surface area contributed by atoms with E-state index < -0.39 is 11.5 Å². The molecular formula is C36H35Cl2N5O5. The molecule has 1 aliphatic heterocycles. The van der Waals surface area contributed by atoms with Crippen molar-refractivity contribution in [2.75, 3.05) is 26.8 Å². The number of hydrogen-bond donors (Lipinski definition) is 3. The topological polar surface area (TPSA) is 129 Å². The van der Waals surface area contributed by atoms with Gasteiger partial charge in [0.05, 0.1) is 35.0 Å². The van der Waals surface area contributed by atoms with Gasteiger partial charge in [0.15, 0.2) is 0 Å². The van der Waals surface area contributed by atoms with Crippen molar-refractivity contribution < 1.29 is 19.7 Å². The van der Waals surface area contributed by atoms with Crippen LogP contribution in [-0.4, -0.2) is 67.8 Å². The minimum absolute atomic E-state index is 0.0365. The molecule has 1 saturated heterocycles. The molecule has 0 bridgehead atoms. The van der Waals surface area contributed by atoms with Gasteiger partial charge >= 0.3 is 5.97 Å². The van der Waals surface area contributed by atoms with E-state index in [1.807, 2.05) is 59.5 Å². The molecule has 2 aromatic carbocycles. The molecule has 6 rings (SSSR count). The third kappa shape index (κ3) is 6.29. The van der Waals surface area contributed by atoms with Crippen molar-refractivity contribution in [1.29, 1.82) is 0 Å². The Morgan fingerprint density at radius 2 is 1.73 bits per heavy atom. The smallest absolute Gasteiger partial charge is 0.323 e. The van der Waals surface area contributed by atoms with Crippen LogP contribution in [-0.2, 0) is 17.9 Å². The number of carboxylic acids is 1. The summed E-state index contributed by atoms with van der Waals surface area (Å²) in [6.45, 7) is 3.51. The van der Waals surface area contributed by atoms with Crippen LogP contribution in [0, 0.1) is 0 Å². The van der Waals surface area contributed by atoms with E-state index in [2.05, 4.69) is 10.3 Å². The molecule has 4 heterocycles. The number of benzene rings is 2. The lowest BCUT2D eigenvalue weighted by molar-refractivity contribution is -0.148. The summed E-state index contributed by atoms with van der Waals surface area (Å²) in [4.78, 5) is 36.5.